The first kappa shape index (κ1) is 16.3. The van der Waals surface area contributed by atoms with E-state index in [2.05, 4.69) is 26.6 Å². The summed E-state index contributed by atoms with van der Waals surface area (Å²) < 4.78 is 23.6. The maximum absolute atomic E-state index is 11.8. The first-order chi connectivity index (χ1) is 9.85. The molecule has 2 N–H and O–H groups in total. The van der Waals surface area contributed by atoms with Crippen molar-refractivity contribution < 1.29 is 13.2 Å². The van der Waals surface area contributed by atoms with E-state index in [1.807, 2.05) is 25.1 Å². The first-order valence-electron chi connectivity index (χ1n) is 6.85. The van der Waals surface area contributed by atoms with Gasteiger partial charge in [-0.25, -0.2) is 8.42 Å². The highest BCUT2D eigenvalue weighted by Gasteiger charge is 2.28. The molecule has 5 nitrogen and oxygen atoms in total. The molecular weight excluding hydrogens is 356 g/mol. The highest BCUT2D eigenvalue weighted by molar-refractivity contribution is 9.10. The average Bonchev–Trinajstić information content (AvgIpc) is 2.71. The van der Waals surface area contributed by atoms with E-state index in [1.54, 1.807) is 0 Å². The zero-order chi connectivity index (χ0) is 15.5. The molecule has 1 atom stereocenters. The molecule has 0 aliphatic carbocycles. The Labute approximate surface area is 133 Å². The first-order valence-corrected chi connectivity index (χ1v) is 9.47. The van der Waals surface area contributed by atoms with Crippen molar-refractivity contribution in [3.8, 4) is 0 Å². The number of nitrogens with one attached hydrogen (secondary N) is 2. The van der Waals surface area contributed by atoms with Gasteiger partial charge in [0, 0.05) is 29.2 Å². The van der Waals surface area contributed by atoms with Crippen molar-refractivity contribution in [1.29, 1.82) is 0 Å². The van der Waals surface area contributed by atoms with Gasteiger partial charge in [-0.05, 0) is 47.0 Å². The quantitative estimate of drug-likeness (QED) is 0.824. The molecule has 7 heteroatoms. The molecule has 0 aromatic heterocycles. The zero-order valence-electron chi connectivity index (χ0n) is 11.9. The lowest BCUT2D eigenvalue weighted by Crippen LogP contribution is -2.36. The predicted molar refractivity (Wildman–Crippen MR) is 87.2 cm³/mol. The lowest BCUT2D eigenvalue weighted by molar-refractivity contribution is -0.121. The third-order valence-corrected chi connectivity index (χ3v) is 5.81. The standard InChI is InChI=1S/C14H19BrN2O3S/c1-10-2-3-13(12(15)8-10)16-6-4-14(18)17-11-5-7-21(19,20)9-11/h2-3,8,11,16H,4-7,9H2,1H3,(H,17,18). The van der Waals surface area contributed by atoms with Gasteiger partial charge in [0.15, 0.2) is 9.84 Å². The molecule has 21 heavy (non-hydrogen) atoms. The van der Waals surface area contributed by atoms with Crippen LogP contribution in [0.1, 0.15) is 18.4 Å². The third kappa shape index (κ3) is 5.00. The molecule has 1 aliphatic heterocycles. The smallest absolute Gasteiger partial charge is 0.222 e. The van der Waals surface area contributed by atoms with Crippen LogP contribution in [0.25, 0.3) is 0 Å². The average molecular weight is 375 g/mol. The summed E-state index contributed by atoms with van der Waals surface area (Å²) in [5.74, 6) is 0.121. The van der Waals surface area contributed by atoms with Crippen LogP contribution in [0.4, 0.5) is 5.69 Å². The number of hydrogen-bond donors (Lipinski definition) is 2. The van der Waals surface area contributed by atoms with E-state index in [0.717, 1.165) is 15.7 Å². The summed E-state index contributed by atoms with van der Waals surface area (Å²) in [4.78, 5) is 11.8. The van der Waals surface area contributed by atoms with Crippen LogP contribution in [-0.4, -0.2) is 38.4 Å². The number of carbonyl (C=O) groups excluding carboxylic acids is 1. The summed E-state index contributed by atoms with van der Waals surface area (Å²) in [7, 11) is -2.95. The Bertz CT molecular complexity index is 631. The largest absolute Gasteiger partial charge is 0.384 e. The summed E-state index contributed by atoms with van der Waals surface area (Å²) in [6.07, 6.45) is 0.835. The van der Waals surface area contributed by atoms with Crippen LogP contribution < -0.4 is 10.6 Å². The number of amides is 1. The molecule has 0 radical (unpaired) electrons. The summed E-state index contributed by atoms with van der Waals surface area (Å²) in [6.45, 7) is 2.52. The van der Waals surface area contributed by atoms with Crippen molar-refractivity contribution >= 4 is 37.4 Å². The summed E-state index contributed by atoms with van der Waals surface area (Å²) >= 11 is 3.47. The van der Waals surface area contributed by atoms with Crippen LogP contribution in [0.2, 0.25) is 0 Å². The molecule has 1 unspecified atom stereocenters. The fraction of sp³-hybridized carbons (Fsp3) is 0.500. The number of carbonyl (C=O) groups is 1. The number of aryl methyl sites for hydroxylation is 1. The summed E-state index contributed by atoms with van der Waals surface area (Å²) in [6, 6.07) is 5.73. The van der Waals surface area contributed by atoms with Crippen molar-refractivity contribution in [1.82, 2.24) is 5.32 Å². The topological polar surface area (TPSA) is 75.3 Å². The van der Waals surface area contributed by atoms with E-state index in [0.29, 0.717) is 19.4 Å². The molecule has 0 saturated carbocycles. The minimum absolute atomic E-state index is 0.0652. The zero-order valence-corrected chi connectivity index (χ0v) is 14.3. The lowest BCUT2D eigenvalue weighted by Gasteiger charge is -2.12. The van der Waals surface area contributed by atoms with Crippen LogP contribution in [0.3, 0.4) is 0 Å². The van der Waals surface area contributed by atoms with Gasteiger partial charge >= 0.3 is 0 Å². The van der Waals surface area contributed by atoms with Crippen molar-refractivity contribution in [3.05, 3.63) is 28.2 Å². The molecule has 1 aliphatic rings. The molecular formula is C14H19BrN2O3S. The van der Waals surface area contributed by atoms with Crippen LogP contribution in [0, 0.1) is 6.92 Å². The second kappa shape index (κ2) is 6.79. The van der Waals surface area contributed by atoms with Gasteiger partial charge in [0.25, 0.3) is 0 Å². The maximum atomic E-state index is 11.8. The molecule has 1 saturated heterocycles. The lowest BCUT2D eigenvalue weighted by atomic mass is 10.2. The Morgan fingerprint density at radius 1 is 1.43 bits per heavy atom. The number of hydrogen-bond acceptors (Lipinski definition) is 4. The van der Waals surface area contributed by atoms with E-state index < -0.39 is 9.84 Å². The molecule has 0 bridgehead atoms. The second-order valence-corrected chi connectivity index (χ2v) is 8.41. The highest BCUT2D eigenvalue weighted by Crippen LogP contribution is 2.23. The monoisotopic (exact) mass is 374 g/mol. The van der Waals surface area contributed by atoms with Crippen LogP contribution in [-0.2, 0) is 14.6 Å². The summed E-state index contributed by atoms with van der Waals surface area (Å²) in [5.41, 5.74) is 2.10. The van der Waals surface area contributed by atoms with Crippen molar-refractivity contribution in [3.63, 3.8) is 0 Å². The van der Waals surface area contributed by atoms with E-state index >= 15 is 0 Å². The van der Waals surface area contributed by atoms with Crippen LogP contribution >= 0.6 is 15.9 Å². The minimum Gasteiger partial charge on any atom is -0.384 e. The van der Waals surface area contributed by atoms with E-state index in [4.69, 9.17) is 0 Å². The summed E-state index contributed by atoms with van der Waals surface area (Å²) in [5, 5.41) is 5.96. The van der Waals surface area contributed by atoms with Gasteiger partial charge < -0.3 is 10.6 Å². The molecule has 1 fully saturated rings. The molecule has 0 spiro atoms. The number of anilines is 1. The number of sulfone groups is 1. The Morgan fingerprint density at radius 3 is 2.81 bits per heavy atom. The Hall–Kier alpha value is -1.08. The third-order valence-electron chi connectivity index (χ3n) is 3.39. The van der Waals surface area contributed by atoms with E-state index in [-0.39, 0.29) is 23.5 Å². The highest BCUT2D eigenvalue weighted by atomic mass is 79.9. The SMILES string of the molecule is Cc1ccc(NCCC(=O)NC2CCS(=O)(=O)C2)c(Br)c1. The van der Waals surface area contributed by atoms with Gasteiger partial charge in [-0.1, -0.05) is 6.07 Å². The van der Waals surface area contributed by atoms with Gasteiger partial charge in [0.1, 0.15) is 0 Å². The van der Waals surface area contributed by atoms with Gasteiger partial charge in [-0.3, -0.25) is 4.79 Å². The predicted octanol–water partition coefficient (Wildman–Crippen LogP) is 1.86. The molecule has 116 valence electrons. The number of rotatable bonds is 5. The maximum Gasteiger partial charge on any atom is 0.222 e. The van der Waals surface area contributed by atoms with Gasteiger partial charge in [-0.2, -0.15) is 0 Å². The fourth-order valence-electron chi connectivity index (χ4n) is 2.28. The minimum atomic E-state index is -2.95. The van der Waals surface area contributed by atoms with Gasteiger partial charge in [-0.15, -0.1) is 0 Å². The Morgan fingerprint density at radius 2 is 2.19 bits per heavy atom. The Balaban J connectivity index is 1.74. The van der Waals surface area contributed by atoms with Crippen molar-refractivity contribution in [2.75, 3.05) is 23.4 Å². The van der Waals surface area contributed by atoms with Crippen molar-refractivity contribution in [2.45, 2.75) is 25.8 Å². The van der Waals surface area contributed by atoms with Crippen LogP contribution in [0.5, 0.6) is 0 Å². The van der Waals surface area contributed by atoms with E-state index in [1.165, 1.54) is 0 Å². The van der Waals surface area contributed by atoms with Gasteiger partial charge in [0.2, 0.25) is 5.91 Å². The molecule has 1 aromatic rings. The molecule has 2 rings (SSSR count). The Kier molecular flexibility index (Phi) is 5.27. The van der Waals surface area contributed by atoms with E-state index in [9.17, 15) is 13.2 Å². The van der Waals surface area contributed by atoms with Crippen molar-refractivity contribution in [2.24, 2.45) is 0 Å². The molecule has 1 aromatic carbocycles. The normalized spacial score (nSPS) is 20.2. The number of benzene rings is 1. The number of halogens is 1. The molecule has 1 heterocycles. The van der Waals surface area contributed by atoms with Crippen LogP contribution in [0.15, 0.2) is 22.7 Å². The van der Waals surface area contributed by atoms with Gasteiger partial charge in [0.05, 0.1) is 11.5 Å². The molecule has 1 amide bonds. The second-order valence-electron chi connectivity index (χ2n) is 5.33. The fourth-order valence-corrected chi connectivity index (χ4v) is 4.59.